The highest BCUT2D eigenvalue weighted by atomic mass is 79.9. The van der Waals surface area contributed by atoms with Crippen LogP contribution in [0, 0.1) is 6.92 Å². The van der Waals surface area contributed by atoms with E-state index in [1.807, 2.05) is 54.8 Å². The van der Waals surface area contributed by atoms with E-state index < -0.39 is 0 Å². The molecule has 0 atom stereocenters. The van der Waals surface area contributed by atoms with Gasteiger partial charge in [0.2, 0.25) is 0 Å². The molecular weight excluding hydrogens is 320 g/mol. The molecule has 1 aromatic heterocycles. The van der Waals surface area contributed by atoms with E-state index >= 15 is 0 Å². The van der Waals surface area contributed by atoms with Gasteiger partial charge in [0.1, 0.15) is 0 Å². The first kappa shape index (κ1) is 12.6. The van der Waals surface area contributed by atoms with Crippen LogP contribution in [0.25, 0.3) is 10.1 Å². The molecule has 0 unspecified atom stereocenters. The third-order valence-corrected chi connectivity index (χ3v) is 5.06. The Morgan fingerprint density at radius 2 is 1.84 bits per heavy atom. The predicted octanol–water partition coefficient (Wildman–Crippen LogP) is 5.20. The highest BCUT2D eigenvalue weighted by Crippen LogP contribution is 2.29. The van der Waals surface area contributed by atoms with Gasteiger partial charge in [-0.15, -0.1) is 11.3 Å². The van der Waals surface area contributed by atoms with Crippen LogP contribution >= 0.6 is 27.3 Å². The maximum Gasteiger partial charge on any atom is 0.194 e. The molecule has 19 heavy (non-hydrogen) atoms. The lowest BCUT2D eigenvalue weighted by atomic mass is 9.99. The van der Waals surface area contributed by atoms with E-state index in [1.165, 1.54) is 0 Å². The van der Waals surface area contributed by atoms with Crippen molar-refractivity contribution in [1.82, 2.24) is 0 Å². The van der Waals surface area contributed by atoms with Crippen LogP contribution in [-0.2, 0) is 0 Å². The Labute approximate surface area is 124 Å². The standard InChI is InChI=1S/C16H11BrOS/c1-10-11(6-4-7-14(10)17)16(18)13-9-19-15-8-3-2-5-12(13)15/h2-9H,1H3. The maximum absolute atomic E-state index is 12.7. The summed E-state index contributed by atoms with van der Waals surface area (Å²) in [4.78, 5) is 12.7. The Morgan fingerprint density at radius 1 is 1.05 bits per heavy atom. The molecule has 0 fully saturated rings. The number of hydrogen-bond donors (Lipinski definition) is 0. The number of carbonyl (C=O) groups excluding carboxylic acids is 1. The average molecular weight is 331 g/mol. The summed E-state index contributed by atoms with van der Waals surface area (Å²) in [7, 11) is 0. The van der Waals surface area contributed by atoms with E-state index in [1.54, 1.807) is 11.3 Å². The first-order chi connectivity index (χ1) is 9.18. The third kappa shape index (κ3) is 2.13. The zero-order chi connectivity index (χ0) is 13.4. The molecule has 0 spiro atoms. The van der Waals surface area contributed by atoms with E-state index in [4.69, 9.17) is 0 Å². The summed E-state index contributed by atoms with van der Waals surface area (Å²) in [6.07, 6.45) is 0. The summed E-state index contributed by atoms with van der Waals surface area (Å²) < 4.78 is 2.12. The fourth-order valence-corrected chi connectivity index (χ4v) is 3.46. The Hall–Kier alpha value is -1.45. The molecule has 0 amide bonds. The number of rotatable bonds is 2. The third-order valence-electron chi connectivity index (χ3n) is 3.24. The largest absolute Gasteiger partial charge is 0.289 e. The second kappa shape index (κ2) is 4.91. The van der Waals surface area contributed by atoms with Crippen LogP contribution < -0.4 is 0 Å². The molecule has 0 N–H and O–H groups in total. The normalized spacial score (nSPS) is 10.8. The summed E-state index contributed by atoms with van der Waals surface area (Å²) in [5.41, 5.74) is 2.54. The molecule has 3 aromatic rings. The van der Waals surface area contributed by atoms with Crippen LogP contribution in [0.1, 0.15) is 21.5 Å². The lowest BCUT2D eigenvalue weighted by Gasteiger charge is -2.06. The molecule has 1 nitrogen and oxygen atoms in total. The lowest BCUT2D eigenvalue weighted by molar-refractivity contribution is 0.104. The second-order valence-corrected chi connectivity index (χ2v) is 6.15. The van der Waals surface area contributed by atoms with Gasteiger partial charge in [0, 0.05) is 31.1 Å². The molecule has 0 aliphatic heterocycles. The van der Waals surface area contributed by atoms with Crippen LogP contribution in [0.3, 0.4) is 0 Å². The van der Waals surface area contributed by atoms with Gasteiger partial charge in [0.05, 0.1) is 0 Å². The summed E-state index contributed by atoms with van der Waals surface area (Å²) in [6, 6.07) is 13.8. The van der Waals surface area contributed by atoms with E-state index in [0.717, 1.165) is 31.2 Å². The molecule has 94 valence electrons. The minimum absolute atomic E-state index is 0.0938. The molecule has 0 aliphatic carbocycles. The van der Waals surface area contributed by atoms with E-state index in [0.29, 0.717) is 0 Å². The molecule has 0 aliphatic rings. The minimum Gasteiger partial charge on any atom is -0.289 e. The van der Waals surface area contributed by atoms with Gasteiger partial charge in [-0.05, 0) is 24.6 Å². The van der Waals surface area contributed by atoms with Crippen molar-refractivity contribution in [1.29, 1.82) is 0 Å². The topological polar surface area (TPSA) is 17.1 Å². The van der Waals surface area contributed by atoms with Crippen molar-refractivity contribution in [3.05, 3.63) is 69.0 Å². The van der Waals surface area contributed by atoms with Crippen molar-refractivity contribution < 1.29 is 4.79 Å². The van der Waals surface area contributed by atoms with Crippen molar-refractivity contribution >= 4 is 43.1 Å². The SMILES string of the molecule is Cc1c(Br)cccc1C(=O)c1csc2ccccc12. The Kier molecular flexibility index (Phi) is 3.25. The first-order valence-corrected chi connectivity index (χ1v) is 7.62. The van der Waals surface area contributed by atoms with E-state index in [2.05, 4.69) is 15.9 Å². The Morgan fingerprint density at radius 3 is 2.68 bits per heavy atom. The van der Waals surface area contributed by atoms with Crippen molar-refractivity contribution in [2.75, 3.05) is 0 Å². The molecule has 1 heterocycles. The van der Waals surface area contributed by atoms with Crippen molar-refractivity contribution in [3.63, 3.8) is 0 Å². The van der Waals surface area contributed by atoms with Gasteiger partial charge in [-0.3, -0.25) is 4.79 Å². The molecular formula is C16H11BrOS. The molecule has 0 saturated carbocycles. The van der Waals surface area contributed by atoms with Gasteiger partial charge in [0.15, 0.2) is 5.78 Å². The molecule has 3 heteroatoms. The molecule has 0 saturated heterocycles. The van der Waals surface area contributed by atoms with Gasteiger partial charge in [-0.25, -0.2) is 0 Å². The van der Waals surface area contributed by atoms with Gasteiger partial charge in [-0.1, -0.05) is 46.3 Å². The first-order valence-electron chi connectivity index (χ1n) is 5.94. The van der Waals surface area contributed by atoms with Crippen LogP contribution in [0.5, 0.6) is 0 Å². The summed E-state index contributed by atoms with van der Waals surface area (Å²) in [6.45, 7) is 1.96. The molecule has 2 aromatic carbocycles. The predicted molar refractivity (Wildman–Crippen MR) is 84.1 cm³/mol. The van der Waals surface area contributed by atoms with Crippen molar-refractivity contribution in [3.8, 4) is 0 Å². The quantitative estimate of drug-likeness (QED) is 0.590. The number of halogens is 1. The van der Waals surface area contributed by atoms with Gasteiger partial charge < -0.3 is 0 Å². The zero-order valence-electron chi connectivity index (χ0n) is 10.3. The van der Waals surface area contributed by atoms with Crippen LogP contribution in [-0.4, -0.2) is 5.78 Å². The maximum atomic E-state index is 12.7. The van der Waals surface area contributed by atoms with E-state index in [-0.39, 0.29) is 5.78 Å². The molecule has 3 rings (SSSR count). The monoisotopic (exact) mass is 330 g/mol. The number of thiophene rings is 1. The average Bonchev–Trinajstić information content (AvgIpc) is 2.85. The van der Waals surface area contributed by atoms with Gasteiger partial charge in [0.25, 0.3) is 0 Å². The number of benzene rings is 2. The van der Waals surface area contributed by atoms with Crippen LogP contribution in [0.15, 0.2) is 52.3 Å². The van der Waals surface area contributed by atoms with Crippen molar-refractivity contribution in [2.45, 2.75) is 6.92 Å². The number of hydrogen-bond acceptors (Lipinski definition) is 2. The second-order valence-electron chi connectivity index (χ2n) is 4.39. The fourth-order valence-electron chi connectivity index (χ4n) is 2.15. The number of ketones is 1. The highest BCUT2D eigenvalue weighted by molar-refractivity contribution is 9.10. The van der Waals surface area contributed by atoms with Gasteiger partial charge >= 0.3 is 0 Å². The molecule has 0 bridgehead atoms. The summed E-state index contributed by atoms with van der Waals surface area (Å²) in [5.74, 6) is 0.0938. The zero-order valence-corrected chi connectivity index (χ0v) is 12.7. The van der Waals surface area contributed by atoms with Crippen LogP contribution in [0.4, 0.5) is 0 Å². The lowest BCUT2D eigenvalue weighted by Crippen LogP contribution is -2.03. The smallest absolute Gasteiger partial charge is 0.194 e. The Bertz CT molecular complexity index is 773. The number of carbonyl (C=O) groups is 1. The van der Waals surface area contributed by atoms with E-state index in [9.17, 15) is 4.79 Å². The fraction of sp³-hybridized carbons (Fsp3) is 0.0625. The summed E-state index contributed by atoms with van der Waals surface area (Å²) in [5, 5.41) is 2.99. The molecule has 0 radical (unpaired) electrons. The van der Waals surface area contributed by atoms with Crippen molar-refractivity contribution in [2.24, 2.45) is 0 Å². The minimum atomic E-state index is 0.0938. The Balaban J connectivity index is 2.17. The number of fused-ring (bicyclic) bond motifs is 1. The van der Waals surface area contributed by atoms with Crippen LogP contribution in [0.2, 0.25) is 0 Å². The summed E-state index contributed by atoms with van der Waals surface area (Å²) >= 11 is 5.09. The highest BCUT2D eigenvalue weighted by Gasteiger charge is 2.16. The van der Waals surface area contributed by atoms with Gasteiger partial charge in [-0.2, -0.15) is 0 Å².